The van der Waals surface area contributed by atoms with Crippen LogP contribution < -0.4 is 5.32 Å². The highest BCUT2D eigenvalue weighted by Gasteiger charge is 2.35. The Morgan fingerprint density at radius 3 is 2.76 bits per heavy atom. The highest BCUT2D eigenvalue weighted by Crippen LogP contribution is 2.32. The van der Waals surface area contributed by atoms with Crippen LogP contribution in [0.15, 0.2) is 42.7 Å². The molecule has 2 aromatic carbocycles. The summed E-state index contributed by atoms with van der Waals surface area (Å²) >= 11 is 0. The summed E-state index contributed by atoms with van der Waals surface area (Å²) in [4.78, 5) is 20.7. The lowest BCUT2D eigenvalue weighted by molar-refractivity contribution is -0.134. The van der Waals surface area contributed by atoms with E-state index in [0.717, 1.165) is 36.4 Å². The van der Waals surface area contributed by atoms with Gasteiger partial charge in [-0.1, -0.05) is 18.2 Å². The Morgan fingerprint density at radius 1 is 1.21 bits per heavy atom. The molecule has 0 spiro atoms. The van der Waals surface area contributed by atoms with Crippen LogP contribution in [0.4, 0.5) is 10.1 Å². The average Bonchev–Trinajstić information content (AvgIpc) is 3.39. The number of amides is 1. The maximum absolute atomic E-state index is 13.9. The number of nitrogens with one attached hydrogen (secondary N) is 1. The number of fused-ring (bicyclic) bond motifs is 1. The molecule has 3 aromatic rings. The number of aromatic nitrogens is 4. The van der Waals surface area contributed by atoms with Gasteiger partial charge in [0.2, 0.25) is 11.6 Å². The summed E-state index contributed by atoms with van der Waals surface area (Å²) in [6.45, 7) is 12.7. The van der Waals surface area contributed by atoms with Crippen molar-refractivity contribution in [2.24, 2.45) is 0 Å². The van der Waals surface area contributed by atoms with Crippen LogP contribution in [0.2, 0.25) is 0 Å². The Bertz CT molecular complexity index is 1220. The van der Waals surface area contributed by atoms with Gasteiger partial charge in [0.1, 0.15) is 12.1 Å². The quantitative estimate of drug-likeness (QED) is 0.600. The van der Waals surface area contributed by atoms with Crippen molar-refractivity contribution in [2.75, 3.05) is 32.7 Å². The van der Waals surface area contributed by atoms with Crippen molar-refractivity contribution >= 4 is 11.6 Å². The number of nitrogens with zero attached hydrogens (tertiary/aromatic N) is 7. The molecule has 174 valence electrons. The summed E-state index contributed by atoms with van der Waals surface area (Å²) < 4.78 is 15.5. The molecule has 9 nitrogen and oxygen atoms in total. The van der Waals surface area contributed by atoms with Crippen molar-refractivity contribution in [3.05, 3.63) is 76.7 Å². The Labute approximate surface area is 197 Å². The molecule has 2 fully saturated rings. The minimum Gasteiger partial charge on any atom is -0.340 e. The van der Waals surface area contributed by atoms with Crippen molar-refractivity contribution in [1.82, 2.24) is 35.3 Å². The first kappa shape index (κ1) is 22.1. The van der Waals surface area contributed by atoms with Crippen LogP contribution >= 0.6 is 0 Å². The number of rotatable bonds is 4. The van der Waals surface area contributed by atoms with Crippen LogP contribution in [0.5, 0.6) is 0 Å². The van der Waals surface area contributed by atoms with E-state index < -0.39 is 5.82 Å². The summed E-state index contributed by atoms with van der Waals surface area (Å²) in [6.07, 6.45) is 1.89. The highest BCUT2D eigenvalue weighted by molar-refractivity contribution is 5.79. The van der Waals surface area contributed by atoms with Crippen LogP contribution in [0.3, 0.4) is 0 Å². The van der Waals surface area contributed by atoms with E-state index in [9.17, 15) is 9.18 Å². The topological polar surface area (TPSA) is 83.5 Å². The highest BCUT2D eigenvalue weighted by atomic mass is 19.1. The van der Waals surface area contributed by atoms with E-state index in [-0.39, 0.29) is 23.7 Å². The van der Waals surface area contributed by atoms with Gasteiger partial charge >= 0.3 is 0 Å². The number of piperazine rings is 2. The molecule has 2 atom stereocenters. The Morgan fingerprint density at radius 2 is 2.03 bits per heavy atom. The Kier molecular flexibility index (Phi) is 6.04. The minimum atomic E-state index is -0.470. The molecule has 0 radical (unpaired) electrons. The van der Waals surface area contributed by atoms with Gasteiger partial charge in [-0.15, -0.1) is 5.10 Å². The van der Waals surface area contributed by atoms with Gasteiger partial charge in [0.15, 0.2) is 0 Å². The Hall–Kier alpha value is -3.68. The third-order valence-corrected chi connectivity index (χ3v) is 6.79. The van der Waals surface area contributed by atoms with Crippen LogP contribution in [0.25, 0.3) is 10.5 Å². The molecule has 3 heterocycles. The number of carbonyl (C=O) groups excluding carboxylic acids is 1. The van der Waals surface area contributed by atoms with Crippen LogP contribution in [-0.4, -0.2) is 74.7 Å². The average molecular weight is 461 g/mol. The zero-order valence-electron chi connectivity index (χ0n) is 18.9. The number of hydrogen-bond acceptors (Lipinski definition) is 6. The standard InChI is InChI=1S/C24H25FN8O/c1-16-20(7-8-21(25)24(16)26-2)22-14-31-9-10-32(13-19(31)12-27-22)23(34)11-17-3-5-18(6-4-17)33-15-28-29-30-33/h3-8,15,19,22,27H,9-14H2,1H3/t19-,22-/m1/s1. The third-order valence-electron chi connectivity index (χ3n) is 6.79. The maximum atomic E-state index is 13.9. The van der Waals surface area contributed by atoms with Gasteiger partial charge in [0, 0.05) is 44.8 Å². The molecule has 1 N–H and O–H groups in total. The zero-order chi connectivity index (χ0) is 23.7. The van der Waals surface area contributed by atoms with E-state index in [2.05, 4.69) is 30.6 Å². The molecule has 0 aliphatic carbocycles. The molecule has 1 aromatic heterocycles. The van der Waals surface area contributed by atoms with Crippen LogP contribution in [-0.2, 0) is 11.2 Å². The maximum Gasteiger partial charge on any atom is 0.227 e. The van der Waals surface area contributed by atoms with Crippen LogP contribution in [0.1, 0.15) is 22.7 Å². The first-order valence-corrected chi connectivity index (χ1v) is 11.3. The monoisotopic (exact) mass is 460 g/mol. The molecule has 0 bridgehead atoms. The fourth-order valence-electron chi connectivity index (χ4n) is 4.87. The fourth-order valence-corrected chi connectivity index (χ4v) is 4.87. The molecular formula is C24H25FN8O. The number of hydrogen-bond donors (Lipinski definition) is 1. The van der Waals surface area contributed by atoms with Crippen molar-refractivity contribution in [3.8, 4) is 5.69 Å². The van der Waals surface area contributed by atoms with Crippen molar-refractivity contribution in [2.45, 2.75) is 25.4 Å². The lowest BCUT2D eigenvalue weighted by atomic mass is 9.95. The lowest BCUT2D eigenvalue weighted by Gasteiger charge is -2.47. The smallest absolute Gasteiger partial charge is 0.227 e. The summed E-state index contributed by atoms with van der Waals surface area (Å²) in [5, 5.41) is 14.7. The Balaban J connectivity index is 1.19. The van der Waals surface area contributed by atoms with E-state index in [0.29, 0.717) is 25.1 Å². The van der Waals surface area contributed by atoms with Crippen molar-refractivity contribution < 1.29 is 9.18 Å². The van der Waals surface area contributed by atoms with E-state index >= 15 is 0 Å². The molecule has 1 amide bonds. The first-order valence-electron chi connectivity index (χ1n) is 11.3. The molecule has 2 aliphatic rings. The van der Waals surface area contributed by atoms with Crippen molar-refractivity contribution in [1.29, 1.82) is 0 Å². The van der Waals surface area contributed by atoms with Gasteiger partial charge in [-0.05, 0) is 52.2 Å². The number of benzene rings is 2. The summed E-state index contributed by atoms with van der Waals surface area (Å²) in [6, 6.07) is 11.1. The first-order chi connectivity index (χ1) is 16.5. The largest absolute Gasteiger partial charge is 0.340 e. The van der Waals surface area contributed by atoms with Crippen LogP contribution in [0, 0.1) is 19.3 Å². The molecular weight excluding hydrogens is 435 g/mol. The second-order valence-electron chi connectivity index (χ2n) is 8.77. The minimum absolute atomic E-state index is 0.0401. The lowest BCUT2D eigenvalue weighted by Crippen LogP contribution is -2.62. The molecule has 10 heteroatoms. The normalized spacial score (nSPS) is 20.6. The van der Waals surface area contributed by atoms with E-state index in [4.69, 9.17) is 6.57 Å². The van der Waals surface area contributed by atoms with Crippen molar-refractivity contribution in [3.63, 3.8) is 0 Å². The summed E-state index contributed by atoms with van der Waals surface area (Å²) in [7, 11) is 0. The molecule has 2 aliphatic heterocycles. The summed E-state index contributed by atoms with van der Waals surface area (Å²) in [5.41, 5.74) is 3.56. The molecule has 34 heavy (non-hydrogen) atoms. The third kappa shape index (κ3) is 4.27. The molecule has 5 rings (SSSR count). The second-order valence-corrected chi connectivity index (χ2v) is 8.77. The van der Waals surface area contributed by atoms with E-state index in [1.807, 2.05) is 36.1 Å². The predicted molar refractivity (Wildman–Crippen MR) is 123 cm³/mol. The van der Waals surface area contributed by atoms with E-state index in [1.165, 1.54) is 12.4 Å². The number of tetrazole rings is 1. The second kappa shape index (κ2) is 9.29. The van der Waals surface area contributed by atoms with Gasteiger partial charge in [-0.3, -0.25) is 9.69 Å². The molecule has 0 saturated carbocycles. The van der Waals surface area contributed by atoms with Gasteiger partial charge in [-0.25, -0.2) is 13.9 Å². The van der Waals surface area contributed by atoms with Gasteiger partial charge in [-0.2, -0.15) is 0 Å². The molecule has 0 unspecified atom stereocenters. The van der Waals surface area contributed by atoms with E-state index in [1.54, 1.807) is 10.7 Å². The van der Waals surface area contributed by atoms with Gasteiger partial charge in [0.05, 0.1) is 18.7 Å². The van der Waals surface area contributed by atoms with Gasteiger partial charge in [0.25, 0.3) is 0 Å². The number of halogens is 1. The summed E-state index contributed by atoms with van der Waals surface area (Å²) in [5.74, 6) is -0.352. The zero-order valence-corrected chi connectivity index (χ0v) is 18.9. The van der Waals surface area contributed by atoms with Gasteiger partial charge < -0.3 is 10.2 Å². The predicted octanol–water partition coefficient (Wildman–Crippen LogP) is 2.06. The number of carbonyl (C=O) groups is 1. The SMILES string of the molecule is [C-]#[N+]c1c(F)ccc([C@H]2CN3CCN(C(=O)Cc4ccc(-n5cnnn5)cc4)C[C@H]3CN2)c1C. The fraction of sp³-hybridized carbons (Fsp3) is 0.375. The molecule has 2 saturated heterocycles.